The fourth-order valence-corrected chi connectivity index (χ4v) is 2.74. The Kier molecular flexibility index (Phi) is 3.79. The highest BCUT2D eigenvalue weighted by Gasteiger charge is 2.35. The molecule has 1 fully saturated rings. The highest BCUT2D eigenvalue weighted by atomic mass is 16.3. The number of aliphatic hydroxyl groups is 1. The summed E-state index contributed by atoms with van der Waals surface area (Å²) in [5.74, 6) is 0.438. The van der Waals surface area contributed by atoms with Crippen LogP contribution >= 0.6 is 0 Å². The minimum atomic E-state index is 0.204. The largest absolute Gasteiger partial charge is 0.396 e. The van der Waals surface area contributed by atoms with Gasteiger partial charge in [0.05, 0.1) is 0 Å². The van der Waals surface area contributed by atoms with Crippen LogP contribution in [0.2, 0.25) is 0 Å². The lowest BCUT2D eigenvalue weighted by Gasteiger charge is -2.43. The van der Waals surface area contributed by atoms with Gasteiger partial charge in [0.1, 0.15) is 0 Å². The molecule has 0 spiro atoms. The highest BCUT2D eigenvalue weighted by Crippen LogP contribution is 2.34. The van der Waals surface area contributed by atoms with Crippen LogP contribution in [0, 0.1) is 11.3 Å². The summed E-state index contributed by atoms with van der Waals surface area (Å²) in [6.07, 6.45) is 4.83. The smallest absolute Gasteiger partial charge is 0.0465 e. The van der Waals surface area contributed by atoms with E-state index in [0.717, 1.165) is 26.1 Å². The van der Waals surface area contributed by atoms with Crippen LogP contribution in [0.15, 0.2) is 24.5 Å². The van der Waals surface area contributed by atoms with E-state index >= 15 is 0 Å². The molecular formula is C14H22N2O. The molecule has 2 rings (SSSR count). The Balaban J connectivity index is 1.97. The molecule has 1 aromatic heterocycles. The fourth-order valence-electron chi connectivity index (χ4n) is 2.74. The van der Waals surface area contributed by atoms with Gasteiger partial charge in [-0.3, -0.25) is 9.88 Å². The number of pyridine rings is 1. The molecule has 94 valence electrons. The Labute approximate surface area is 103 Å². The summed E-state index contributed by atoms with van der Waals surface area (Å²) in [5.41, 5.74) is 1.47. The van der Waals surface area contributed by atoms with Gasteiger partial charge in [-0.15, -0.1) is 0 Å². The molecule has 0 amide bonds. The predicted molar refractivity (Wildman–Crippen MR) is 68.5 cm³/mol. The summed E-state index contributed by atoms with van der Waals surface area (Å²) in [4.78, 5) is 6.61. The van der Waals surface area contributed by atoms with Crippen molar-refractivity contribution < 1.29 is 5.11 Å². The van der Waals surface area contributed by atoms with Gasteiger partial charge in [-0.2, -0.15) is 0 Å². The number of hydrogen-bond acceptors (Lipinski definition) is 3. The fraction of sp³-hybridized carbons (Fsp3) is 0.643. The van der Waals surface area contributed by atoms with Crippen LogP contribution in [0.1, 0.15) is 25.8 Å². The maximum Gasteiger partial charge on any atom is 0.0465 e. The van der Waals surface area contributed by atoms with Gasteiger partial charge < -0.3 is 5.11 Å². The average Bonchev–Trinajstić information content (AvgIpc) is 2.29. The van der Waals surface area contributed by atoms with Crippen molar-refractivity contribution in [2.75, 3.05) is 19.7 Å². The Bertz CT molecular complexity index is 350. The minimum Gasteiger partial charge on any atom is -0.396 e. The lowest BCUT2D eigenvalue weighted by atomic mass is 9.74. The van der Waals surface area contributed by atoms with Gasteiger partial charge in [-0.05, 0) is 35.9 Å². The quantitative estimate of drug-likeness (QED) is 0.868. The van der Waals surface area contributed by atoms with E-state index in [-0.39, 0.29) is 5.41 Å². The molecule has 0 bridgehead atoms. The first kappa shape index (κ1) is 12.5. The van der Waals surface area contributed by atoms with Crippen LogP contribution in [0.4, 0.5) is 0 Å². The summed E-state index contributed by atoms with van der Waals surface area (Å²) in [7, 11) is 0. The molecule has 0 radical (unpaired) electrons. The van der Waals surface area contributed by atoms with Crippen LogP contribution < -0.4 is 0 Å². The van der Waals surface area contributed by atoms with E-state index in [1.165, 1.54) is 5.56 Å². The zero-order chi connectivity index (χ0) is 12.3. The van der Waals surface area contributed by atoms with Crippen LogP contribution in [0.5, 0.6) is 0 Å². The molecule has 1 atom stereocenters. The second-order valence-corrected chi connectivity index (χ2v) is 5.73. The number of likely N-dealkylation sites (tertiary alicyclic amines) is 1. The van der Waals surface area contributed by atoms with Gasteiger partial charge >= 0.3 is 0 Å². The Morgan fingerprint density at radius 1 is 1.53 bits per heavy atom. The van der Waals surface area contributed by atoms with E-state index in [1.54, 1.807) is 0 Å². The van der Waals surface area contributed by atoms with Gasteiger partial charge in [0.15, 0.2) is 0 Å². The first-order chi connectivity index (χ1) is 8.12. The Hall–Kier alpha value is -0.930. The Morgan fingerprint density at radius 2 is 2.35 bits per heavy atom. The average molecular weight is 234 g/mol. The van der Waals surface area contributed by atoms with Crippen molar-refractivity contribution in [2.24, 2.45) is 11.3 Å². The van der Waals surface area contributed by atoms with Gasteiger partial charge in [0.2, 0.25) is 0 Å². The van der Waals surface area contributed by atoms with Gasteiger partial charge in [0, 0.05) is 32.1 Å². The lowest BCUT2D eigenvalue weighted by Crippen LogP contribution is -2.46. The van der Waals surface area contributed by atoms with Crippen molar-refractivity contribution in [3.05, 3.63) is 30.1 Å². The first-order valence-corrected chi connectivity index (χ1v) is 6.34. The third-order valence-corrected chi connectivity index (χ3v) is 3.88. The molecule has 1 aromatic rings. The molecule has 1 saturated heterocycles. The summed E-state index contributed by atoms with van der Waals surface area (Å²) in [6, 6.07) is 4.11. The van der Waals surface area contributed by atoms with Crippen LogP contribution in [0.3, 0.4) is 0 Å². The summed E-state index contributed by atoms with van der Waals surface area (Å²) >= 11 is 0. The van der Waals surface area contributed by atoms with E-state index in [2.05, 4.69) is 29.8 Å². The van der Waals surface area contributed by atoms with E-state index in [9.17, 15) is 5.11 Å². The van der Waals surface area contributed by atoms with E-state index in [0.29, 0.717) is 12.5 Å². The molecule has 1 aliphatic heterocycles. The SMILES string of the molecule is CC1(C)CN(Cc2cccnc2)CCC1CO. The van der Waals surface area contributed by atoms with Gasteiger partial charge in [-0.25, -0.2) is 0 Å². The lowest BCUT2D eigenvalue weighted by molar-refractivity contribution is 0.0178. The third kappa shape index (κ3) is 3.05. The molecule has 0 aliphatic carbocycles. The molecular weight excluding hydrogens is 212 g/mol. The number of rotatable bonds is 3. The van der Waals surface area contributed by atoms with Crippen molar-refractivity contribution >= 4 is 0 Å². The van der Waals surface area contributed by atoms with Crippen molar-refractivity contribution in [1.29, 1.82) is 0 Å². The molecule has 1 N–H and O–H groups in total. The van der Waals surface area contributed by atoms with E-state index < -0.39 is 0 Å². The van der Waals surface area contributed by atoms with Crippen LogP contribution in [0.25, 0.3) is 0 Å². The standard InChI is InChI=1S/C14H22N2O/c1-14(2)11-16(7-5-13(14)10-17)9-12-4-3-6-15-8-12/h3-4,6,8,13,17H,5,7,9-11H2,1-2H3. The van der Waals surface area contributed by atoms with E-state index in [1.807, 2.05) is 18.5 Å². The number of nitrogens with zero attached hydrogens (tertiary/aromatic N) is 2. The molecule has 3 heteroatoms. The number of aliphatic hydroxyl groups excluding tert-OH is 1. The second-order valence-electron chi connectivity index (χ2n) is 5.73. The normalized spacial score (nSPS) is 24.8. The number of aromatic nitrogens is 1. The predicted octanol–water partition coefficient (Wildman–Crippen LogP) is 1.92. The minimum absolute atomic E-state index is 0.204. The zero-order valence-corrected chi connectivity index (χ0v) is 10.8. The molecule has 1 aliphatic rings. The van der Waals surface area contributed by atoms with Crippen LogP contribution in [-0.2, 0) is 6.54 Å². The Morgan fingerprint density at radius 3 is 2.94 bits per heavy atom. The molecule has 0 saturated carbocycles. The van der Waals surface area contributed by atoms with Gasteiger partial charge in [-0.1, -0.05) is 19.9 Å². The zero-order valence-electron chi connectivity index (χ0n) is 10.8. The maximum absolute atomic E-state index is 9.37. The molecule has 0 aromatic carbocycles. The van der Waals surface area contributed by atoms with Crippen molar-refractivity contribution in [2.45, 2.75) is 26.8 Å². The monoisotopic (exact) mass is 234 g/mol. The number of hydrogen-bond donors (Lipinski definition) is 1. The topological polar surface area (TPSA) is 36.4 Å². The van der Waals surface area contributed by atoms with Crippen molar-refractivity contribution in [1.82, 2.24) is 9.88 Å². The molecule has 3 nitrogen and oxygen atoms in total. The number of piperidine rings is 1. The maximum atomic E-state index is 9.37. The second kappa shape index (κ2) is 5.15. The first-order valence-electron chi connectivity index (χ1n) is 6.34. The summed E-state index contributed by atoms with van der Waals surface area (Å²) < 4.78 is 0. The molecule has 1 unspecified atom stereocenters. The van der Waals surface area contributed by atoms with Crippen LogP contribution in [-0.4, -0.2) is 34.7 Å². The third-order valence-electron chi connectivity index (χ3n) is 3.88. The summed E-state index contributed by atoms with van der Waals surface area (Å²) in [5, 5.41) is 9.37. The van der Waals surface area contributed by atoms with Crippen molar-refractivity contribution in [3.63, 3.8) is 0 Å². The molecule has 17 heavy (non-hydrogen) atoms. The van der Waals surface area contributed by atoms with E-state index in [4.69, 9.17) is 0 Å². The summed E-state index contributed by atoms with van der Waals surface area (Å²) in [6.45, 7) is 7.91. The van der Waals surface area contributed by atoms with Crippen molar-refractivity contribution in [3.8, 4) is 0 Å². The molecule has 2 heterocycles. The van der Waals surface area contributed by atoms with Gasteiger partial charge in [0.25, 0.3) is 0 Å². The highest BCUT2D eigenvalue weighted by molar-refractivity contribution is 5.08.